The first kappa shape index (κ1) is 18.9. The summed E-state index contributed by atoms with van der Waals surface area (Å²) in [5, 5.41) is 12.1. The van der Waals surface area contributed by atoms with Gasteiger partial charge in [-0.25, -0.2) is 0 Å². The Morgan fingerprint density at radius 3 is 2.52 bits per heavy atom. The van der Waals surface area contributed by atoms with Gasteiger partial charge in [0.05, 0.1) is 17.4 Å². The highest BCUT2D eigenvalue weighted by Gasteiger charge is 2.17. The molecule has 29 heavy (non-hydrogen) atoms. The van der Waals surface area contributed by atoms with Crippen LogP contribution >= 0.6 is 0 Å². The Morgan fingerprint density at radius 2 is 1.76 bits per heavy atom. The maximum atomic E-state index is 13.2. The molecule has 0 fully saturated rings. The molecule has 0 bridgehead atoms. The molecule has 2 heterocycles. The Hall–Kier alpha value is -3.48. The summed E-state index contributed by atoms with van der Waals surface area (Å²) in [6.07, 6.45) is 0.748. The summed E-state index contributed by atoms with van der Waals surface area (Å²) in [5.41, 5.74) is 1.65. The van der Waals surface area contributed by atoms with Gasteiger partial charge < -0.3 is 5.32 Å². The number of nitrogens with one attached hydrogen (secondary N) is 1. The van der Waals surface area contributed by atoms with E-state index < -0.39 is 0 Å². The van der Waals surface area contributed by atoms with Crippen molar-refractivity contribution in [1.82, 2.24) is 24.5 Å². The maximum absolute atomic E-state index is 13.2. The number of amides is 1. The summed E-state index contributed by atoms with van der Waals surface area (Å²) in [6.45, 7) is 4.26. The zero-order valence-corrected chi connectivity index (χ0v) is 16.5. The predicted octanol–water partition coefficient (Wildman–Crippen LogP) is 2.55. The van der Waals surface area contributed by atoms with Crippen LogP contribution in [0.5, 0.6) is 0 Å². The fourth-order valence-electron chi connectivity index (χ4n) is 3.50. The van der Waals surface area contributed by atoms with Crippen LogP contribution in [0.1, 0.15) is 31.7 Å². The Kier molecular flexibility index (Phi) is 5.12. The van der Waals surface area contributed by atoms with Crippen LogP contribution in [-0.4, -0.2) is 31.1 Å². The highest BCUT2D eigenvalue weighted by Crippen LogP contribution is 2.16. The molecule has 0 saturated heterocycles. The molecule has 1 amide bonds. The standard InChI is InChI=1S/C22H23N5O2/c1-15(2)23-20(28)13-12-19-24-25-22-26(14-16-8-4-3-5-9-16)21(29)17-10-6-7-11-18(17)27(19)22/h3-11,15H,12-14H2,1-2H3,(H,23,28). The lowest BCUT2D eigenvalue weighted by Crippen LogP contribution is -2.30. The number of rotatable bonds is 6. The molecule has 2 aromatic carbocycles. The average Bonchev–Trinajstić information content (AvgIpc) is 3.14. The molecule has 0 atom stereocenters. The minimum absolute atomic E-state index is 0.0290. The number of hydrogen-bond donors (Lipinski definition) is 1. The quantitative estimate of drug-likeness (QED) is 0.549. The van der Waals surface area contributed by atoms with E-state index in [4.69, 9.17) is 0 Å². The Bertz CT molecular complexity index is 1220. The lowest BCUT2D eigenvalue weighted by molar-refractivity contribution is -0.121. The van der Waals surface area contributed by atoms with E-state index in [0.29, 0.717) is 36.4 Å². The van der Waals surface area contributed by atoms with Crippen molar-refractivity contribution in [1.29, 1.82) is 0 Å². The summed E-state index contributed by atoms with van der Waals surface area (Å²) in [4.78, 5) is 25.2. The van der Waals surface area contributed by atoms with Gasteiger partial charge in [-0.05, 0) is 31.5 Å². The largest absolute Gasteiger partial charge is 0.354 e. The van der Waals surface area contributed by atoms with Crippen LogP contribution in [-0.2, 0) is 17.8 Å². The zero-order chi connectivity index (χ0) is 20.4. The smallest absolute Gasteiger partial charge is 0.263 e. The van der Waals surface area contributed by atoms with Crippen molar-refractivity contribution in [2.45, 2.75) is 39.3 Å². The van der Waals surface area contributed by atoms with Crippen molar-refractivity contribution in [3.63, 3.8) is 0 Å². The van der Waals surface area contributed by atoms with E-state index in [9.17, 15) is 9.59 Å². The van der Waals surface area contributed by atoms with Gasteiger partial charge in [-0.3, -0.25) is 18.6 Å². The molecule has 0 spiro atoms. The third kappa shape index (κ3) is 3.76. The fourth-order valence-corrected chi connectivity index (χ4v) is 3.50. The van der Waals surface area contributed by atoms with Crippen molar-refractivity contribution in [2.24, 2.45) is 0 Å². The highest BCUT2D eigenvalue weighted by molar-refractivity contribution is 5.80. The first-order chi connectivity index (χ1) is 14.0. The van der Waals surface area contributed by atoms with Crippen LogP contribution in [0, 0.1) is 0 Å². The second kappa shape index (κ2) is 7.87. The number of carbonyl (C=O) groups excluding carboxylic acids is 1. The summed E-state index contributed by atoms with van der Waals surface area (Å²) in [6, 6.07) is 17.3. The molecule has 0 aliphatic carbocycles. The number of nitrogens with zero attached hydrogens (tertiary/aromatic N) is 4. The van der Waals surface area contributed by atoms with E-state index in [-0.39, 0.29) is 17.5 Å². The summed E-state index contributed by atoms with van der Waals surface area (Å²) in [7, 11) is 0. The van der Waals surface area contributed by atoms with E-state index in [1.165, 1.54) is 0 Å². The van der Waals surface area contributed by atoms with E-state index in [1.54, 1.807) is 4.57 Å². The Balaban J connectivity index is 1.82. The second-order valence-corrected chi connectivity index (χ2v) is 7.37. The van der Waals surface area contributed by atoms with Crippen molar-refractivity contribution in [2.75, 3.05) is 0 Å². The number of para-hydroxylation sites is 1. The van der Waals surface area contributed by atoms with Crippen molar-refractivity contribution >= 4 is 22.6 Å². The summed E-state index contributed by atoms with van der Waals surface area (Å²) >= 11 is 0. The normalized spacial score (nSPS) is 11.4. The number of hydrogen-bond acceptors (Lipinski definition) is 4. The van der Waals surface area contributed by atoms with E-state index in [1.807, 2.05) is 72.8 Å². The van der Waals surface area contributed by atoms with Crippen LogP contribution < -0.4 is 10.9 Å². The number of fused-ring (bicyclic) bond motifs is 3. The average molecular weight is 389 g/mol. The highest BCUT2D eigenvalue weighted by atomic mass is 16.1. The third-order valence-electron chi connectivity index (χ3n) is 4.78. The molecule has 0 aliphatic heterocycles. The van der Waals surface area contributed by atoms with Gasteiger partial charge in [-0.1, -0.05) is 42.5 Å². The fraction of sp³-hybridized carbons (Fsp3) is 0.273. The monoisotopic (exact) mass is 389 g/mol. The van der Waals surface area contributed by atoms with Gasteiger partial charge in [-0.2, -0.15) is 0 Å². The van der Waals surface area contributed by atoms with Gasteiger partial charge >= 0.3 is 0 Å². The van der Waals surface area contributed by atoms with Gasteiger partial charge in [-0.15, -0.1) is 10.2 Å². The van der Waals surface area contributed by atoms with E-state index >= 15 is 0 Å². The second-order valence-electron chi connectivity index (χ2n) is 7.37. The van der Waals surface area contributed by atoms with Crippen LogP contribution in [0.25, 0.3) is 16.7 Å². The van der Waals surface area contributed by atoms with Gasteiger partial charge in [0.25, 0.3) is 5.56 Å². The molecular formula is C22H23N5O2. The van der Waals surface area contributed by atoms with Crippen molar-refractivity contribution in [3.8, 4) is 0 Å². The van der Waals surface area contributed by atoms with Gasteiger partial charge in [0.2, 0.25) is 11.7 Å². The molecule has 0 aliphatic rings. The molecule has 148 valence electrons. The Labute approximate surface area is 168 Å². The maximum Gasteiger partial charge on any atom is 0.263 e. The van der Waals surface area contributed by atoms with Gasteiger partial charge in [0.15, 0.2) is 0 Å². The van der Waals surface area contributed by atoms with Crippen LogP contribution in [0.4, 0.5) is 0 Å². The number of benzene rings is 2. The molecule has 2 aromatic heterocycles. The molecular weight excluding hydrogens is 366 g/mol. The molecule has 0 radical (unpaired) electrons. The van der Waals surface area contributed by atoms with E-state index in [2.05, 4.69) is 15.5 Å². The lowest BCUT2D eigenvalue weighted by atomic mass is 10.2. The molecule has 0 unspecified atom stereocenters. The van der Waals surface area contributed by atoms with Gasteiger partial charge in [0, 0.05) is 18.9 Å². The molecule has 7 heteroatoms. The zero-order valence-electron chi connectivity index (χ0n) is 16.5. The number of aryl methyl sites for hydroxylation is 1. The van der Waals surface area contributed by atoms with Crippen molar-refractivity contribution < 1.29 is 4.79 Å². The van der Waals surface area contributed by atoms with Crippen LogP contribution in [0.3, 0.4) is 0 Å². The SMILES string of the molecule is CC(C)NC(=O)CCc1nnc2n(Cc3ccccc3)c(=O)c3ccccc3n12. The van der Waals surface area contributed by atoms with Crippen molar-refractivity contribution in [3.05, 3.63) is 76.3 Å². The third-order valence-corrected chi connectivity index (χ3v) is 4.78. The molecule has 4 rings (SSSR count). The van der Waals surface area contributed by atoms with E-state index in [0.717, 1.165) is 11.1 Å². The summed E-state index contributed by atoms with van der Waals surface area (Å²) in [5.74, 6) is 1.12. The van der Waals surface area contributed by atoms with Crippen LogP contribution in [0.15, 0.2) is 59.4 Å². The lowest BCUT2D eigenvalue weighted by Gasteiger charge is -2.12. The Morgan fingerprint density at radius 1 is 1.03 bits per heavy atom. The summed E-state index contributed by atoms with van der Waals surface area (Å²) < 4.78 is 3.53. The topological polar surface area (TPSA) is 81.3 Å². The number of aromatic nitrogens is 4. The molecule has 1 N–H and O–H groups in total. The number of carbonyl (C=O) groups is 1. The molecule has 4 aromatic rings. The van der Waals surface area contributed by atoms with Crippen LogP contribution in [0.2, 0.25) is 0 Å². The minimum atomic E-state index is -0.103. The predicted molar refractivity (Wildman–Crippen MR) is 112 cm³/mol. The first-order valence-corrected chi connectivity index (χ1v) is 9.73. The minimum Gasteiger partial charge on any atom is -0.354 e. The first-order valence-electron chi connectivity index (χ1n) is 9.73. The molecule has 7 nitrogen and oxygen atoms in total. The molecule has 0 saturated carbocycles. The van der Waals surface area contributed by atoms with Gasteiger partial charge in [0.1, 0.15) is 5.82 Å².